The molecule has 5 aromatic rings. The highest BCUT2D eigenvalue weighted by atomic mass is 127. The Morgan fingerprint density at radius 1 is 0.967 bits per heavy atom. The number of carbonyl (C=O) groups is 1. The van der Waals surface area contributed by atoms with Gasteiger partial charge < -0.3 is 9.73 Å². The number of hydrogen-bond acceptors (Lipinski definition) is 3. The second kappa shape index (κ2) is 7.85. The molecule has 0 aliphatic rings. The molecule has 0 aliphatic heterocycles. The molecule has 1 heterocycles. The maximum absolute atomic E-state index is 12.9. The van der Waals surface area contributed by atoms with E-state index in [0.717, 1.165) is 24.4 Å². The van der Waals surface area contributed by atoms with Gasteiger partial charge in [0.05, 0.1) is 5.56 Å². The van der Waals surface area contributed by atoms with Crippen molar-refractivity contribution in [2.75, 3.05) is 5.32 Å². The molecule has 0 radical (unpaired) electrons. The van der Waals surface area contributed by atoms with Gasteiger partial charge in [0.15, 0.2) is 5.58 Å². The van der Waals surface area contributed by atoms with Crippen LogP contribution < -0.4 is 5.32 Å². The highest BCUT2D eigenvalue weighted by molar-refractivity contribution is 14.1. The summed E-state index contributed by atoms with van der Waals surface area (Å²) in [4.78, 5) is 17.5. The maximum atomic E-state index is 12.9. The molecule has 5 rings (SSSR count). The highest BCUT2D eigenvalue weighted by Gasteiger charge is 2.14. The van der Waals surface area contributed by atoms with E-state index in [-0.39, 0.29) is 5.91 Å². The summed E-state index contributed by atoms with van der Waals surface area (Å²) in [5.41, 5.74) is 3.55. The molecular formula is C24H14BrIN2O2. The number of fused-ring (bicyclic) bond motifs is 2. The van der Waals surface area contributed by atoms with Crippen LogP contribution in [0.5, 0.6) is 0 Å². The van der Waals surface area contributed by atoms with Crippen LogP contribution in [-0.2, 0) is 0 Å². The Labute approximate surface area is 194 Å². The number of amides is 1. The summed E-state index contributed by atoms with van der Waals surface area (Å²) in [5.74, 6) is 0.378. The summed E-state index contributed by atoms with van der Waals surface area (Å²) >= 11 is 5.82. The van der Waals surface area contributed by atoms with E-state index in [9.17, 15) is 4.79 Å². The molecule has 6 heteroatoms. The van der Waals surface area contributed by atoms with Crippen LogP contribution in [0.4, 0.5) is 5.69 Å². The highest BCUT2D eigenvalue weighted by Crippen LogP contribution is 2.32. The van der Waals surface area contributed by atoms with Crippen LogP contribution in [0.15, 0.2) is 87.8 Å². The van der Waals surface area contributed by atoms with Crippen LogP contribution in [0.3, 0.4) is 0 Å². The number of oxazole rings is 1. The normalized spacial score (nSPS) is 11.1. The van der Waals surface area contributed by atoms with Gasteiger partial charge in [0.1, 0.15) is 5.52 Å². The number of hydrogen-bond donors (Lipinski definition) is 1. The summed E-state index contributed by atoms with van der Waals surface area (Å²) in [7, 11) is 0. The zero-order chi connectivity index (χ0) is 20.7. The van der Waals surface area contributed by atoms with E-state index < -0.39 is 0 Å². The average Bonchev–Trinajstić information content (AvgIpc) is 3.18. The fourth-order valence-electron chi connectivity index (χ4n) is 3.40. The molecule has 146 valence electrons. The molecule has 0 atom stereocenters. The van der Waals surface area contributed by atoms with Crippen LogP contribution in [0.1, 0.15) is 10.4 Å². The molecule has 0 aliphatic carbocycles. The van der Waals surface area contributed by atoms with Crippen molar-refractivity contribution >= 4 is 72.0 Å². The third kappa shape index (κ3) is 3.61. The Morgan fingerprint density at radius 2 is 1.80 bits per heavy atom. The molecule has 0 saturated carbocycles. The molecule has 0 unspecified atom stereocenters. The van der Waals surface area contributed by atoms with Gasteiger partial charge in [-0.1, -0.05) is 36.4 Å². The van der Waals surface area contributed by atoms with E-state index in [1.54, 1.807) is 0 Å². The largest absolute Gasteiger partial charge is 0.436 e. The van der Waals surface area contributed by atoms with E-state index >= 15 is 0 Å². The molecule has 0 saturated heterocycles. The SMILES string of the molecule is O=C(Nc1ccc2oc(-c3cc(I)ccc3Br)nc2c1)c1cccc2ccccc12. The summed E-state index contributed by atoms with van der Waals surface area (Å²) < 4.78 is 7.94. The number of carbonyl (C=O) groups excluding carboxylic acids is 1. The van der Waals surface area contributed by atoms with Crippen molar-refractivity contribution in [1.29, 1.82) is 0 Å². The first-order chi connectivity index (χ1) is 14.6. The summed E-state index contributed by atoms with van der Waals surface area (Å²) in [6, 6.07) is 25.0. The molecule has 1 aromatic heterocycles. The summed E-state index contributed by atoms with van der Waals surface area (Å²) in [5, 5.41) is 4.94. The summed E-state index contributed by atoms with van der Waals surface area (Å²) in [6.07, 6.45) is 0. The molecule has 0 fully saturated rings. The van der Waals surface area contributed by atoms with Crippen LogP contribution in [0.25, 0.3) is 33.3 Å². The third-order valence-electron chi connectivity index (χ3n) is 4.84. The number of rotatable bonds is 3. The zero-order valence-electron chi connectivity index (χ0n) is 15.5. The van der Waals surface area contributed by atoms with Crippen LogP contribution in [0.2, 0.25) is 0 Å². The molecule has 4 nitrogen and oxygen atoms in total. The van der Waals surface area contributed by atoms with Gasteiger partial charge in [0.2, 0.25) is 5.89 Å². The van der Waals surface area contributed by atoms with Crippen LogP contribution in [-0.4, -0.2) is 10.9 Å². The van der Waals surface area contributed by atoms with Gasteiger partial charge in [0, 0.05) is 19.3 Å². The first-order valence-corrected chi connectivity index (χ1v) is 11.1. The van der Waals surface area contributed by atoms with Crippen molar-refractivity contribution in [2.45, 2.75) is 0 Å². The lowest BCUT2D eigenvalue weighted by Crippen LogP contribution is -2.12. The van der Waals surface area contributed by atoms with E-state index in [1.807, 2.05) is 78.9 Å². The molecule has 1 amide bonds. The maximum Gasteiger partial charge on any atom is 0.256 e. The number of halogens is 2. The average molecular weight is 569 g/mol. The van der Waals surface area contributed by atoms with Gasteiger partial charge >= 0.3 is 0 Å². The van der Waals surface area contributed by atoms with E-state index in [2.05, 4.69) is 48.8 Å². The Hall–Kier alpha value is -2.71. The van der Waals surface area contributed by atoms with Crippen molar-refractivity contribution in [3.8, 4) is 11.5 Å². The second-order valence-electron chi connectivity index (χ2n) is 6.81. The fraction of sp³-hybridized carbons (Fsp3) is 0. The summed E-state index contributed by atoms with van der Waals surface area (Å²) in [6.45, 7) is 0. The minimum Gasteiger partial charge on any atom is -0.436 e. The van der Waals surface area contributed by atoms with E-state index in [0.29, 0.717) is 28.2 Å². The fourth-order valence-corrected chi connectivity index (χ4v) is 4.31. The lowest BCUT2D eigenvalue weighted by molar-refractivity contribution is 0.102. The van der Waals surface area contributed by atoms with Gasteiger partial charge in [-0.3, -0.25) is 4.79 Å². The van der Waals surface area contributed by atoms with Gasteiger partial charge in [-0.2, -0.15) is 0 Å². The van der Waals surface area contributed by atoms with Crippen molar-refractivity contribution in [3.63, 3.8) is 0 Å². The van der Waals surface area contributed by atoms with Crippen molar-refractivity contribution < 1.29 is 9.21 Å². The smallest absolute Gasteiger partial charge is 0.256 e. The Morgan fingerprint density at radius 3 is 2.70 bits per heavy atom. The van der Waals surface area contributed by atoms with E-state index in [4.69, 9.17) is 4.42 Å². The van der Waals surface area contributed by atoms with Crippen LogP contribution >= 0.6 is 38.5 Å². The minimum absolute atomic E-state index is 0.157. The third-order valence-corrected chi connectivity index (χ3v) is 6.20. The predicted octanol–water partition coefficient (Wildman–Crippen LogP) is 7.27. The first kappa shape index (κ1) is 19.3. The van der Waals surface area contributed by atoms with Crippen LogP contribution in [0, 0.1) is 3.57 Å². The van der Waals surface area contributed by atoms with Gasteiger partial charge in [-0.25, -0.2) is 4.98 Å². The number of nitrogens with one attached hydrogen (secondary N) is 1. The molecule has 0 bridgehead atoms. The minimum atomic E-state index is -0.157. The predicted molar refractivity (Wildman–Crippen MR) is 132 cm³/mol. The second-order valence-corrected chi connectivity index (χ2v) is 8.91. The van der Waals surface area contributed by atoms with Gasteiger partial charge in [0.25, 0.3) is 5.91 Å². The lowest BCUT2D eigenvalue weighted by Gasteiger charge is -2.08. The lowest BCUT2D eigenvalue weighted by atomic mass is 10.0. The quantitative estimate of drug-likeness (QED) is 0.233. The van der Waals surface area contributed by atoms with E-state index in [1.165, 1.54) is 0 Å². The number of anilines is 1. The van der Waals surface area contributed by atoms with Gasteiger partial charge in [-0.05, 0) is 91.8 Å². The molecule has 30 heavy (non-hydrogen) atoms. The Kier molecular flexibility index (Phi) is 5.04. The molecule has 0 spiro atoms. The standard InChI is InChI=1S/C24H14BrIN2O2/c25-20-10-8-15(26)12-19(20)24-28-21-13-16(9-11-22(21)30-24)27-23(29)18-7-3-5-14-4-1-2-6-17(14)18/h1-13H,(H,27,29). The molecule has 1 N–H and O–H groups in total. The number of aromatic nitrogens is 1. The Balaban J connectivity index is 1.48. The number of benzene rings is 4. The van der Waals surface area contributed by atoms with Crippen molar-refractivity contribution in [1.82, 2.24) is 4.98 Å². The first-order valence-electron chi connectivity index (χ1n) is 9.23. The number of nitrogens with zero attached hydrogens (tertiary/aromatic N) is 1. The van der Waals surface area contributed by atoms with Gasteiger partial charge in [-0.15, -0.1) is 0 Å². The van der Waals surface area contributed by atoms with Crippen molar-refractivity contribution in [3.05, 3.63) is 92.5 Å². The molecular weight excluding hydrogens is 555 g/mol. The molecule has 4 aromatic carbocycles. The zero-order valence-corrected chi connectivity index (χ0v) is 19.3. The van der Waals surface area contributed by atoms with Crippen molar-refractivity contribution in [2.24, 2.45) is 0 Å². The monoisotopic (exact) mass is 568 g/mol. The Bertz CT molecular complexity index is 1420. The topological polar surface area (TPSA) is 55.1 Å².